The zero-order chi connectivity index (χ0) is 16.1. The molecule has 0 radical (unpaired) electrons. The molecule has 2 atom stereocenters. The lowest BCUT2D eigenvalue weighted by atomic mass is 10.1. The van der Waals surface area contributed by atoms with Gasteiger partial charge in [0, 0.05) is 12.7 Å². The molecule has 1 saturated heterocycles. The molecule has 6 heteroatoms. The summed E-state index contributed by atoms with van der Waals surface area (Å²) in [6.07, 6.45) is 9.43. The zero-order valence-electron chi connectivity index (χ0n) is 13.9. The van der Waals surface area contributed by atoms with Crippen molar-refractivity contribution in [1.29, 1.82) is 0 Å². The van der Waals surface area contributed by atoms with E-state index in [2.05, 4.69) is 10.4 Å². The number of hydrogen-bond donors (Lipinski definition) is 1. The lowest BCUT2D eigenvalue weighted by molar-refractivity contribution is -0.130. The number of nitrogens with zero attached hydrogens (tertiary/aromatic N) is 2. The van der Waals surface area contributed by atoms with Crippen molar-refractivity contribution in [2.24, 2.45) is 0 Å². The van der Waals surface area contributed by atoms with Crippen LogP contribution in [0.4, 0.5) is 5.82 Å². The highest BCUT2D eigenvalue weighted by Gasteiger charge is 2.23. The van der Waals surface area contributed by atoms with Gasteiger partial charge in [-0.25, -0.2) is 4.68 Å². The third kappa shape index (κ3) is 4.32. The number of hydrogen-bond acceptors (Lipinski definition) is 4. The number of anilines is 1. The zero-order valence-corrected chi connectivity index (χ0v) is 13.9. The SMILES string of the molecule is CC(OCC1CCCCO1)C(=O)Nc1ccnn1C1CCCC1. The fourth-order valence-corrected chi connectivity index (χ4v) is 3.35. The maximum absolute atomic E-state index is 12.3. The molecular formula is C17H27N3O3. The van der Waals surface area contributed by atoms with E-state index < -0.39 is 6.10 Å². The smallest absolute Gasteiger partial charge is 0.254 e. The number of nitrogens with one attached hydrogen (secondary N) is 1. The first-order valence-corrected chi connectivity index (χ1v) is 8.81. The van der Waals surface area contributed by atoms with Gasteiger partial charge in [0.25, 0.3) is 5.91 Å². The van der Waals surface area contributed by atoms with Crippen molar-refractivity contribution in [2.75, 3.05) is 18.5 Å². The van der Waals surface area contributed by atoms with Crippen LogP contribution in [0.1, 0.15) is 57.9 Å². The first-order valence-electron chi connectivity index (χ1n) is 8.81. The van der Waals surface area contributed by atoms with Crippen LogP contribution in [0.2, 0.25) is 0 Å². The monoisotopic (exact) mass is 321 g/mol. The van der Waals surface area contributed by atoms with Crippen LogP contribution < -0.4 is 5.32 Å². The van der Waals surface area contributed by atoms with Crippen molar-refractivity contribution >= 4 is 11.7 Å². The van der Waals surface area contributed by atoms with E-state index in [4.69, 9.17) is 9.47 Å². The van der Waals surface area contributed by atoms with Crippen LogP contribution in [-0.2, 0) is 14.3 Å². The Morgan fingerprint density at radius 2 is 2.17 bits per heavy atom. The highest BCUT2D eigenvalue weighted by atomic mass is 16.5. The average Bonchev–Trinajstić information content (AvgIpc) is 3.24. The van der Waals surface area contributed by atoms with Crippen LogP contribution in [0.15, 0.2) is 12.3 Å². The van der Waals surface area contributed by atoms with Crippen molar-refractivity contribution in [2.45, 2.75) is 70.1 Å². The Kier molecular flexibility index (Phi) is 5.67. The standard InChI is InChI=1S/C17H27N3O3/c1-13(23-12-15-8-4-5-11-22-15)17(21)19-16-9-10-18-20(16)14-6-2-3-7-14/h9-10,13-15H,2-8,11-12H2,1H3,(H,19,21). The van der Waals surface area contributed by atoms with Gasteiger partial charge in [0.1, 0.15) is 11.9 Å². The number of carbonyl (C=O) groups is 1. The second-order valence-corrected chi connectivity index (χ2v) is 6.55. The summed E-state index contributed by atoms with van der Waals surface area (Å²) in [5.74, 6) is 0.645. The minimum absolute atomic E-state index is 0.124. The number of carbonyl (C=O) groups excluding carboxylic acids is 1. The Balaban J connectivity index is 1.49. The molecule has 1 aliphatic heterocycles. The van der Waals surface area contributed by atoms with Gasteiger partial charge in [-0.2, -0.15) is 5.10 Å². The molecule has 1 aromatic heterocycles. The van der Waals surface area contributed by atoms with Gasteiger partial charge in [0.2, 0.25) is 0 Å². The van der Waals surface area contributed by atoms with E-state index in [0.717, 1.165) is 38.1 Å². The van der Waals surface area contributed by atoms with Crippen molar-refractivity contribution in [3.05, 3.63) is 12.3 Å². The highest BCUT2D eigenvalue weighted by Crippen LogP contribution is 2.31. The largest absolute Gasteiger partial charge is 0.376 e. The fourth-order valence-electron chi connectivity index (χ4n) is 3.35. The molecule has 0 spiro atoms. The predicted octanol–water partition coefficient (Wildman–Crippen LogP) is 2.91. The minimum atomic E-state index is -0.493. The maximum atomic E-state index is 12.3. The van der Waals surface area contributed by atoms with E-state index in [0.29, 0.717) is 12.6 Å². The van der Waals surface area contributed by atoms with E-state index in [9.17, 15) is 4.79 Å². The molecule has 0 bridgehead atoms. The summed E-state index contributed by atoms with van der Waals surface area (Å²) in [7, 11) is 0. The molecule has 1 aromatic rings. The number of amides is 1. The van der Waals surface area contributed by atoms with E-state index in [1.807, 2.05) is 10.7 Å². The Labute approximate surface area is 137 Å². The average molecular weight is 321 g/mol. The van der Waals surface area contributed by atoms with Crippen LogP contribution in [0.25, 0.3) is 0 Å². The summed E-state index contributed by atoms with van der Waals surface area (Å²) in [6.45, 7) is 3.07. The van der Waals surface area contributed by atoms with Crippen LogP contribution in [-0.4, -0.2) is 41.1 Å². The lowest BCUT2D eigenvalue weighted by Gasteiger charge is -2.24. The van der Waals surface area contributed by atoms with Crippen molar-refractivity contribution < 1.29 is 14.3 Å². The minimum Gasteiger partial charge on any atom is -0.376 e. The molecule has 0 aromatic carbocycles. The maximum Gasteiger partial charge on any atom is 0.254 e. The normalized spacial score (nSPS) is 23.8. The second kappa shape index (κ2) is 7.93. The van der Waals surface area contributed by atoms with Crippen molar-refractivity contribution in [1.82, 2.24) is 9.78 Å². The first kappa shape index (κ1) is 16.5. The van der Waals surface area contributed by atoms with Gasteiger partial charge in [-0.15, -0.1) is 0 Å². The quantitative estimate of drug-likeness (QED) is 0.875. The molecule has 2 fully saturated rings. The lowest BCUT2D eigenvalue weighted by Crippen LogP contribution is -2.33. The second-order valence-electron chi connectivity index (χ2n) is 6.55. The first-order chi connectivity index (χ1) is 11.2. The van der Waals surface area contributed by atoms with E-state index >= 15 is 0 Å². The highest BCUT2D eigenvalue weighted by molar-refractivity contribution is 5.93. The van der Waals surface area contributed by atoms with Gasteiger partial charge in [-0.1, -0.05) is 12.8 Å². The van der Waals surface area contributed by atoms with Crippen molar-refractivity contribution in [3.8, 4) is 0 Å². The molecule has 128 valence electrons. The van der Waals surface area contributed by atoms with Crippen LogP contribution in [0, 0.1) is 0 Å². The van der Waals surface area contributed by atoms with Gasteiger partial charge in [0.05, 0.1) is 24.9 Å². The topological polar surface area (TPSA) is 65.4 Å². The Morgan fingerprint density at radius 1 is 1.39 bits per heavy atom. The molecule has 1 saturated carbocycles. The molecule has 3 rings (SSSR count). The Bertz CT molecular complexity index is 505. The van der Waals surface area contributed by atoms with Gasteiger partial charge < -0.3 is 14.8 Å². The van der Waals surface area contributed by atoms with Gasteiger partial charge >= 0.3 is 0 Å². The molecule has 6 nitrogen and oxygen atoms in total. The summed E-state index contributed by atoms with van der Waals surface area (Å²) in [5.41, 5.74) is 0. The number of aromatic nitrogens is 2. The van der Waals surface area contributed by atoms with Crippen LogP contribution in [0.3, 0.4) is 0 Å². The summed E-state index contributed by atoms with van der Waals surface area (Å²) >= 11 is 0. The summed E-state index contributed by atoms with van der Waals surface area (Å²) in [4.78, 5) is 12.3. The van der Waals surface area contributed by atoms with Crippen LogP contribution >= 0.6 is 0 Å². The molecule has 2 heterocycles. The molecule has 2 aliphatic rings. The van der Waals surface area contributed by atoms with Crippen LogP contribution in [0.5, 0.6) is 0 Å². The Hall–Kier alpha value is -1.40. The van der Waals surface area contributed by atoms with Gasteiger partial charge in [-0.3, -0.25) is 4.79 Å². The molecule has 2 unspecified atom stereocenters. The fraction of sp³-hybridized carbons (Fsp3) is 0.765. The molecule has 1 N–H and O–H groups in total. The third-order valence-electron chi connectivity index (χ3n) is 4.77. The van der Waals surface area contributed by atoms with Gasteiger partial charge in [0.15, 0.2) is 0 Å². The third-order valence-corrected chi connectivity index (χ3v) is 4.77. The molecular weight excluding hydrogens is 294 g/mol. The van der Waals surface area contributed by atoms with E-state index in [1.54, 1.807) is 13.1 Å². The van der Waals surface area contributed by atoms with E-state index in [1.165, 1.54) is 19.3 Å². The molecule has 23 heavy (non-hydrogen) atoms. The Morgan fingerprint density at radius 3 is 2.91 bits per heavy atom. The predicted molar refractivity (Wildman–Crippen MR) is 87.4 cm³/mol. The van der Waals surface area contributed by atoms with E-state index in [-0.39, 0.29) is 12.0 Å². The summed E-state index contributed by atoms with van der Waals surface area (Å²) < 4.78 is 13.3. The number of ether oxygens (including phenoxy) is 2. The molecule has 1 aliphatic carbocycles. The summed E-state index contributed by atoms with van der Waals surface area (Å²) in [6, 6.07) is 2.26. The molecule has 1 amide bonds. The number of rotatable bonds is 6. The van der Waals surface area contributed by atoms with Crippen molar-refractivity contribution in [3.63, 3.8) is 0 Å². The summed E-state index contributed by atoms with van der Waals surface area (Å²) in [5, 5.41) is 7.32. The van der Waals surface area contributed by atoms with Gasteiger partial charge in [-0.05, 0) is 39.0 Å².